The van der Waals surface area contributed by atoms with Crippen molar-refractivity contribution in [2.24, 2.45) is 16.8 Å². The largest absolute Gasteiger partial charge is 0.357 e. The van der Waals surface area contributed by atoms with Crippen LogP contribution >= 0.6 is 0 Å². The van der Waals surface area contributed by atoms with Gasteiger partial charge < -0.3 is 5.73 Å². The van der Waals surface area contributed by atoms with Gasteiger partial charge in [-0.1, -0.05) is 0 Å². The SMILES string of the molecule is NO/N=C(/N)F. The summed E-state index contributed by atoms with van der Waals surface area (Å²) in [6.07, 6.45) is -1.18. The Hall–Kier alpha value is -0.840. The van der Waals surface area contributed by atoms with E-state index in [1.54, 1.807) is 0 Å². The molecule has 0 saturated heterocycles. The Labute approximate surface area is 33.5 Å². The van der Waals surface area contributed by atoms with Crippen molar-refractivity contribution in [2.45, 2.75) is 0 Å². The summed E-state index contributed by atoms with van der Waals surface area (Å²) in [6.45, 7) is 0. The molecule has 0 radical (unpaired) electrons. The van der Waals surface area contributed by atoms with Gasteiger partial charge in [0.2, 0.25) is 0 Å². The van der Waals surface area contributed by atoms with Crippen molar-refractivity contribution in [3.8, 4) is 0 Å². The van der Waals surface area contributed by atoms with Gasteiger partial charge in [-0.15, -0.1) is 5.90 Å². The van der Waals surface area contributed by atoms with Crippen molar-refractivity contribution in [2.75, 3.05) is 0 Å². The molecular weight excluding hydrogens is 89.0 g/mol. The lowest BCUT2D eigenvalue weighted by atomic mass is 11.3. The predicted octanol–water partition coefficient (Wildman–Crippen LogP) is -0.924. The van der Waals surface area contributed by atoms with E-state index < -0.39 is 6.09 Å². The highest BCUT2D eigenvalue weighted by molar-refractivity contribution is 5.68. The Morgan fingerprint density at radius 2 is 2.33 bits per heavy atom. The molecule has 0 aliphatic heterocycles. The van der Waals surface area contributed by atoms with Crippen LogP contribution in [0.2, 0.25) is 0 Å². The van der Waals surface area contributed by atoms with Crippen LogP contribution in [-0.4, -0.2) is 6.09 Å². The van der Waals surface area contributed by atoms with Gasteiger partial charge in [0.1, 0.15) is 0 Å². The number of nitrogens with zero attached hydrogens (tertiary/aromatic N) is 1. The first-order valence-corrected chi connectivity index (χ1v) is 1.12. The molecule has 5 heteroatoms. The molecular formula is CH4FN3O. The van der Waals surface area contributed by atoms with Gasteiger partial charge in [0, 0.05) is 0 Å². The molecule has 0 heterocycles. The third kappa shape index (κ3) is 3.16. The second-order valence-corrected chi connectivity index (χ2v) is 0.519. The van der Waals surface area contributed by atoms with Gasteiger partial charge in [-0.25, -0.2) is 0 Å². The molecule has 0 amide bonds. The Balaban J connectivity index is 3.14. The van der Waals surface area contributed by atoms with Crippen LogP contribution in [0.1, 0.15) is 0 Å². The lowest BCUT2D eigenvalue weighted by molar-refractivity contribution is 0.145. The summed E-state index contributed by atoms with van der Waals surface area (Å²) in [4.78, 5) is 3.39. The smallest absolute Gasteiger partial charge is 0.316 e. The number of hydrogen-bond acceptors (Lipinski definition) is 3. The fourth-order valence-corrected chi connectivity index (χ4v) is 0.0503. The van der Waals surface area contributed by atoms with E-state index in [0.29, 0.717) is 0 Å². The molecule has 0 saturated carbocycles. The van der Waals surface area contributed by atoms with Gasteiger partial charge in [-0.2, -0.15) is 4.39 Å². The average molecular weight is 93.1 g/mol. The monoisotopic (exact) mass is 93.0 g/mol. The summed E-state index contributed by atoms with van der Waals surface area (Å²) < 4.78 is 11.0. The van der Waals surface area contributed by atoms with E-state index in [1.807, 2.05) is 0 Å². The minimum atomic E-state index is -1.18. The van der Waals surface area contributed by atoms with E-state index in [2.05, 4.69) is 21.7 Å². The van der Waals surface area contributed by atoms with Crippen LogP contribution in [0.3, 0.4) is 0 Å². The predicted molar refractivity (Wildman–Crippen MR) is 18.0 cm³/mol. The van der Waals surface area contributed by atoms with E-state index in [-0.39, 0.29) is 0 Å². The zero-order valence-electron chi connectivity index (χ0n) is 2.89. The van der Waals surface area contributed by atoms with Crippen LogP contribution < -0.4 is 11.6 Å². The molecule has 0 aliphatic rings. The minimum Gasteiger partial charge on any atom is -0.357 e. The average Bonchev–Trinajstić information content (AvgIpc) is 1.35. The van der Waals surface area contributed by atoms with Crippen molar-refractivity contribution < 1.29 is 9.33 Å². The third-order valence-electron chi connectivity index (χ3n) is 0.140. The normalized spacial score (nSPS) is 11.3. The molecule has 6 heavy (non-hydrogen) atoms. The summed E-state index contributed by atoms with van der Waals surface area (Å²) in [5.74, 6) is 4.22. The second-order valence-electron chi connectivity index (χ2n) is 0.519. The highest BCUT2D eigenvalue weighted by atomic mass is 19.1. The topological polar surface area (TPSA) is 73.6 Å². The summed E-state index contributed by atoms with van der Waals surface area (Å²) >= 11 is 0. The molecule has 36 valence electrons. The Bertz CT molecular complexity index is 57.8. The van der Waals surface area contributed by atoms with Crippen LogP contribution in [0.4, 0.5) is 4.39 Å². The van der Waals surface area contributed by atoms with Crippen LogP contribution in [0.15, 0.2) is 5.16 Å². The van der Waals surface area contributed by atoms with Gasteiger partial charge in [-0.05, 0) is 5.16 Å². The number of hydrogen-bond donors (Lipinski definition) is 2. The van der Waals surface area contributed by atoms with E-state index in [4.69, 9.17) is 0 Å². The summed E-state index contributed by atoms with van der Waals surface area (Å²) in [6, 6.07) is 0. The fraction of sp³-hybridized carbons (Fsp3) is 0. The molecule has 0 spiro atoms. The minimum absolute atomic E-state index is 1.18. The molecule has 0 aliphatic carbocycles. The van der Waals surface area contributed by atoms with Gasteiger partial charge in [0.05, 0.1) is 0 Å². The van der Waals surface area contributed by atoms with E-state index >= 15 is 0 Å². The maximum atomic E-state index is 11.0. The number of halogens is 1. The summed E-state index contributed by atoms with van der Waals surface area (Å²) in [5.41, 5.74) is 4.28. The maximum Gasteiger partial charge on any atom is 0.316 e. The van der Waals surface area contributed by atoms with Crippen LogP contribution in [0.5, 0.6) is 0 Å². The van der Waals surface area contributed by atoms with Gasteiger partial charge in [-0.3, -0.25) is 4.94 Å². The van der Waals surface area contributed by atoms with Crippen molar-refractivity contribution in [3.63, 3.8) is 0 Å². The molecule has 4 nitrogen and oxygen atoms in total. The second kappa shape index (κ2) is 2.40. The Kier molecular flexibility index (Phi) is 2.06. The van der Waals surface area contributed by atoms with Crippen molar-refractivity contribution >= 4 is 6.09 Å². The zero-order valence-corrected chi connectivity index (χ0v) is 2.89. The van der Waals surface area contributed by atoms with Crippen LogP contribution in [0, 0.1) is 0 Å². The first kappa shape index (κ1) is 5.16. The highest BCUT2D eigenvalue weighted by Gasteiger charge is 1.76. The van der Waals surface area contributed by atoms with Gasteiger partial charge in [0.25, 0.3) is 0 Å². The van der Waals surface area contributed by atoms with Crippen molar-refractivity contribution in [1.82, 2.24) is 0 Å². The standard InChI is InChI=1S/CH4FN3O/c2-1(3)5-6-4/h4H2,(H2,3,5). The Morgan fingerprint density at radius 3 is 2.33 bits per heavy atom. The molecule has 0 bridgehead atoms. The Morgan fingerprint density at radius 1 is 1.83 bits per heavy atom. The molecule has 0 rings (SSSR count). The highest BCUT2D eigenvalue weighted by Crippen LogP contribution is 1.64. The lowest BCUT2D eigenvalue weighted by Crippen LogP contribution is -2.05. The number of oxime groups is 1. The number of amidine groups is 1. The van der Waals surface area contributed by atoms with Gasteiger partial charge >= 0.3 is 6.09 Å². The lowest BCUT2D eigenvalue weighted by Gasteiger charge is -1.78. The van der Waals surface area contributed by atoms with Crippen molar-refractivity contribution in [1.29, 1.82) is 0 Å². The molecule has 0 aromatic rings. The molecule has 0 aromatic heterocycles. The molecule has 0 fully saturated rings. The van der Waals surface area contributed by atoms with Gasteiger partial charge in [0.15, 0.2) is 0 Å². The maximum absolute atomic E-state index is 11.0. The van der Waals surface area contributed by atoms with E-state index in [1.165, 1.54) is 0 Å². The molecule has 0 atom stereocenters. The van der Waals surface area contributed by atoms with E-state index in [9.17, 15) is 4.39 Å². The molecule has 0 aromatic carbocycles. The zero-order chi connectivity index (χ0) is 4.99. The fourth-order valence-electron chi connectivity index (χ4n) is 0.0503. The van der Waals surface area contributed by atoms with Crippen LogP contribution in [-0.2, 0) is 4.94 Å². The molecule has 4 N–H and O–H groups in total. The quantitative estimate of drug-likeness (QED) is 0.190. The summed E-state index contributed by atoms with van der Waals surface area (Å²) in [5, 5.41) is 2.43. The summed E-state index contributed by atoms with van der Waals surface area (Å²) in [7, 11) is 0. The third-order valence-corrected chi connectivity index (χ3v) is 0.140. The van der Waals surface area contributed by atoms with Crippen LogP contribution in [0.25, 0.3) is 0 Å². The molecule has 0 unspecified atom stereocenters. The first-order valence-electron chi connectivity index (χ1n) is 1.12. The number of nitrogens with two attached hydrogens (primary N) is 2. The first-order chi connectivity index (χ1) is 2.77. The van der Waals surface area contributed by atoms with E-state index in [0.717, 1.165) is 0 Å². The van der Waals surface area contributed by atoms with Crippen molar-refractivity contribution in [3.05, 3.63) is 0 Å². The number of rotatable bonds is 1.